The van der Waals surface area contributed by atoms with Crippen LogP contribution in [-0.2, 0) is 14.6 Å². The fourth-order valence-corrected chi connectivity index (χ4v) is 3.14. The van der Waals surface area contributed by atoms with Gasteiger partial charge in [-0.25, -0.2) is 8.42 Å². The molecule has 1 aliphatic rings. The standard InChI is InChI=1S/C13H28N2O3S/c1-4-18-10-9-15-8-7-14(12-13(15)2)6-5-11-19(3,16)17/h13H,4-12H2,1-3H3/t13-/m1/s1. The van der Waals surface area contributed by atoms with Gasteiger partial charge in [0.05, 0.1) is 12.4 Å². The van der Waals surface area contributed by atoms with Crippen LogP contribution in [-0.4, -0.2) is 82.2 Å². The van der Waals surface area contributed by atoms with Crippen molar-refractivity contribution in [1.82, 2.24) is 9.80 Å². The first-order chi connectivity index (χ1) is 8.92. The summed E-state index contributed by atoms with van der Waals surface area (Å²) >= 11 is 0. The van der Waals surface area contributed by atoms with Crippen LogP contribution < -0.4 is 0 Å². The number of rotatable bonds is 8. The van der Waals surface area contributed by atoms with Gasteiger partial charge in [0.2, 0.25) is 0 Å². The fourth-order valence-electron chi connectivity index (χ4n) is 2.48. The van der Waals surface area contributed by atoms with Crippen LogP contribution in [0.15, 0.2) is 0 Å². The second-order valence-corrected chi connectivity index (χ2v) is 7.63. The quantitative estimate of drug-likeness (QED) is 0.609. The van der Waals surface area contributed by atoms with E-state index in [0.717, 1.165) is 52.4 Å². The molecule has 114 valence electrons. The van der Waals surface area contributed by atoms with Gasteiger partial charge in [0.1, 0.15) is 9.84 Å². The number of piperazine rings is 1. The van der Waals surface area contributed by atoms with E-state index in [2.05, 4.69) is 16.7 Å². The molecule has 0 spiro atoms. The fraction of sp³-hybridized carbons (Fsp3) is 1.00. The second-order valence-electron chi connectivity index (χ2n) is 5.37. The molecule has 0 aliphatic carbocycles. The van der Waals surface area contributed by atoms with Gasteiger partial charge in [0.15, 0.2) is 0 Å². The van der Waals surface area contributed by atoms with Crippen molar-refractivity contribution in [3.8, 4) is 0 Å². The van der Waals surface area contributed by atoms with Gasteiger partial charge in [-0.05, 0) is 26.8 Å². The third kappa shape index (κ3) is 7.25. The minimum absolute atomic E-state index is 0.298. The topological polar surface area (TPSA) is 49.9 Å². The molecule has 1 saturated heterocycles. The zero-order valence-electron chi connectivity index (χ0n) is 12.5. The highest BCUT2D eigenvalue weighted by atomic mass is 32.2. The third-order valence-electron chi connectivity index (χ3n) is 3.57. The van der Waals surface area contributed by atoms with Gasteiger partial charge in [-0.1, -0.05) is 0 Å². The van der Waals surface area contributed by atoms with Crippen LogP contribution in [0.5, 0.6) is 0 Å². The molecule has 19 heavy (non-hydrogen) atoms. The maximum atomic E-state index is 11.1. The molecule has 0 radical (unpaired) electrons. The van der Waals surface area contributed by atoms with Crippen LogP contribution in [0.1, 0.15) is 20.3 Å². The van der Waals surface area contributed by atoms with Crippen LogP contribution in [0, 0.1) is 0 Å². The highest BCUT2D eigenvalue weighted by Gasteiger charge is 2.22. The Morgan fingerprint density at radius 1 is 1.26 bits per heavy atom. The summed E-state index contributed by atoms with van der Waals surface area (Å²) in [6.45, 7) is 10.8. The van der Waals surface area contributed by atoms with E-state index in [1.165, 1.54) is 6.26 Å². The molecule has 5 nitrogen and oxygen atoms in total. The van der Waals surface area contributed by atoms with Gasteiger partial charge < -0.3 is 9.64 Å². The minimum Gasteiger partial charge on any atom is -0.380 e. The average molecular weight is 292 g/mol. The van der Waals surface area contributed by atoms with E-state index in [0.29, 0.717) is 11.8 Å². The Kier molecular flexibility index (Phi) is 7.28. The lowest BCUT2D eigenvalue weighted by Crippen LogP contribution is -2.52. The van der Waals surface area contributed by atoms with Crippen LogP contribution >= 0.6 is 0 Å². The minimum atomic E-state index is -2.82. The molecule has 1 atom stereocenters. The highest BCUT2D eigenvalue weighted by molar-refractivity contribution is 7.90. The monoisotopic (exact) mass is 292 g/mol. The number of nitrogens with zero attached hydrogens (tertiary/aromatic N) is 2. The Bertz CT molecular complexity index is 346. The van der Waals surface area contributed by atoms with Crippen LogP contribution in [0.4, 0.5) is 0 Å². The normalized spacial score (nSPS) is 22.8. The smallest absolute Gasteiger partial charge is 0.147 e. The lowest BCUT2D eigenvalue weighted by Gasteiger charge is -2.39. The lowest BCUT2D eigenvalue weighted by atomic mass is 10.2. The first-order valence-electron chi connectivity index (χ1n) is 7.14. The summed E-state index contributed by atoms with van der Waals surface area (Å²) in [7, 11) is -2.82. The van der Waals surface area contributed by atoms with Crippen molar-refractivity contribution in [3.63, 3.8) is 0 Å². The van der Waals surface area contributed by atoms with Crippen LogP contribution in [0.25, 0.3) is 0 Å². The van der Waals surface area contributed by atoms with E-state index in [1.807, 2.05) is 6.92 Å². The molecule has 1 aliphatic heterocycles. The van der Waals surface area contributed by atoms with E-state index in [-0.39, 0.29) is 0 Å². The van der Waals surface area contributed by atoms with E-state index >= 15 is 0 Å². The Balaban J connectivity index is 2.21. The molecular formula is C13H28N2O3S. The number of sulfone groups is 1. The van der Waals surface area contributed by atoms with Gasteiger partial charge in [0.25, 0.3) is 0 Å². The molecule has 1 fully saturated rings. The molecule has 0 aromatic heterocycles. The van der Waals surface area contributed by atoms with Crippen molar-refractivity contribution in [2.45, 2.75) is 26.3 Å². The summed E-state index contributed by atoms with van der Waals surface area (Å²) in [5.41, 5.74) is 0. The van der Waals surface area contributed by atoms with Gasteiger partial charge in [-0.2, -0.15) is 0 Å². The summed E-state index contributed by atoms with van der Waals surface area (Å²) in [5, 5.41) is 0. The van der Waals surface area contributed by atoms with Gasteiger partial charge >= 0.3 is 0 Å². The van der Waals surface area contributed by atoms with Crippen LogP contribution in [0.3, 0.4) is 0 Å². The number of ether oxygens (including phenoxy) is 1. The number of hydrogen-bond acceptors (Lipinski definition) is 5. The molecular weight excluding hydrogens is 264 g/mol. The SMILES string of the molecule is CCOCCN1CCN(CCCS(C)(=O)=O)C[C@H]1C. The summed E-state index contributed by atoms with van der Waals surface area (Å²) in [4.78, 5) is 4.82. The Labute approximate surface area is 117 Å². The summed E-state index contributed by atoms with van der Waals surface area (Å²) in [6, 6.07) is 0.521. The molecule has 0 unspecified atom stereocenters. The predicted molar refractivity (Wildman–Crippen MR) is 78.3 cm³/mol. The van der Waals surface area contributed by atoms with E-state index in [9.17, 15) is 8.42 Å². The van der Waals surface area contributed by atoms with Crippen molar-refractivity contribution < 1.29 is 13.2 Å². The molecule has 0 saturated carbocycles. The Morgan fingerprint density at radius 3 is 2.58 bits per heavy atom. The Hall–Kier alpha value is -0.170. The lowest BCUT2D eigenvalue weighted by molar-refractivity contribution is 0.0495. The first-order valence-corrected chi connectivity index (χ1v) is 9.20. The van der Waals surface area contributed by atoms with Gasteiger partial charge in [0, 0.05) is 45.1 Å². The van der Waals surface area contributed by atoms with E-state index < -0.39 is 9.84 Å². The number of hydrogen-bond donors (Lipinski definition) is 0. The molecule has 0 bridgehead atoms. The van der Waals surface area contributed by atoms with Crippen molar-refractivity contribution >= 4 is 9.84 Å². The molecule has 0 aromatic carbocycles. The zero-order chi connectivity index (χ0) is 14.3. The van der Waals surface area contributed by atoms with Gasteiger partial charge in [-0.15, -0.1) is 0 Å². The molecule has 0 amide bonds. The maximum absolute atomic E-state index is 11.1. The van der Waals surface area contributed by atoms with Crippen molar-refractivity contribution in [3.05, 3.63) is 0 Å². The summed E-state index contributed by atoms with van der Waals surface area (Å²) in [6.07, 6.45) is 2.05. The largest absolute Gasteiger partial charge is 0.380 e. The molecule has 0 aromatic rings. The third-order valence-corrected chi connectivity index (χ3v) is 4.60. The average Bonchev–Trinajstić information content (AvgIpc) is 2.30. The Morgan fingerprint density at radius 2 is 2.00 bits per heavy atom. The molecule has 6 heteroatoms. The zero-order valence-corrected chi connectivity index (χ0v) is 13.3. The van der Waals surface area contributed by atoms with E-state index in [1.54, 1.807) is 0 Å². The van der Waals surface area contributed by atoms with Crippen LogP contribution in [0.2, 0.25) is 0 Å². The molecule has 1 rings (SSSR count). The summed E-state index contributed by atoms with van der Waals surface area (Å²) < 4.78 is 27.6. The van der Waals surface area contributed by atoms with Crippen molar-refractivity contribution in [1.29, 1.82) is 0 Å². The van der Waals surface area contributed by atoms with Crippen molar-refractivity contribution in [2.75, 3.05) is 57.9 Å². The molecule has 0 N–H and O–H groups in total. The highest BCUT2D eigenvalue weighted by Crippen LogP contribution is 2.09. The van der Waals surface area contributed by atoms with Gasteiger partial charge in [-0.3, -0.25) is 4.90 Å². The summed E-state index contributed by atoms with van der Waals surface area (Å²) in [5.74, 6) is 0.298. The predicted octanol–water partition coefficient (Wildman–Crippen LogP) is 0.464. The molecule has 1 heterocycles. The second kappa shape index (κ2) is 8.19. The maximum Gasteiger partial charge on any atom is 0.147 e. The van der Waals surface area contributed by atoms with Crippen molar-refractivity contribution in [2.24, 2.45) is 0 Å². The first kappa shape index (κ1) is 16.9. The van der Waals surface area contributed by atoms with E-state index in [4.69, 9.17) is 4.74 Å².